The van der Waals surface area contributed by atoms with Crippen LogP contribution in [0.5, 0.6) is 0 Å². The molecule has 2 N–H and O–H groups in total. The molecule has 2 aliphatic rings. The van der Waals surface area contributed by atoms with Crippen molar-refractivity contribution in [1.82, 2.24) is 25.3 Å². The number of morpholine rings is 1. The molecule has 1 unspecified atom stereocenters. The molecule has 7 nitrogen and oxygen atoms in total. The number of aromatic nitrogens is 4. The van der Waals surface area contributed by atoms with Crippen LogP contribution in [-0.4, -0.2) is 57.8 Å². The summed E-state index contributed by atoms with van der Waals surface area (Å²) in [4.78, 5) is 7.09. The van der Waals surface area contributed by atoms with Crippen molar-refractivity contribution < 1.29 is 4.74 Å². The van der Waals surface area contributed by atoms with E-state index < -0.39 is 0 Å². The third-order valence-electron chi connectivity index (χ3n) is 5.55. The van der Waals surface area contributed by atoms with E-state index in [0.717, 1.165) is 71.8 Å². The number of hydrogen-bond acceptors (Lipinski definition) is 5. The highest BCUT2D eigenvalue weighted by Crippen LogP contribution is 2.31. The molecule has 148 valence electrons. The zero-order valence-corrected chi connectivity index (χ0v) is 16.4. The second kappa shape index (κ2) is 7.67. The minimum atomic E-state index is 0.281. The van der Waals surface area contributed by atoms with E-state index in [1.807, 2.05) is 12.4 Å². The summed E-state index contributed by atoms with van der Waals surface area (Å²) in [6.45, 7) is 5.38. The molecule has 1 saturated heterocycles. The Morgan fingerprint density at radius 2 is 2.10 bits per heavy atom. The average Bonchev–Trinajstić information content (AvgIpc) is 3.40. The number of nitrogens with one attached hydrogen (secondary N) is 2. The van der Waals surface area contributed by atoms with Crippen molar-refractivity contribution in [2.24, 2.45) is 10.9 Å². The van der Waals surface area contributed by atoms with Crippen molar-refractivity contribution in [3.63, 3.8) is 0 Å². The van der Waals surface area contributed by atoms with Gasteiger partial charge in [0.15, 0.2) is 0 Å². The fourth-order valence-electron chi connectivity index (χ4n) is 3.83. The second-order valence-electron chi connectivity index (χ2n) is 7.39. The Morgan fingerprint density at radius 1 is 1.21 bits per heavy atom. The molecule has 1 atom stereocenters. The highest BCUT2D eigenvalue weighted by molar-refractivity contribution is 5.96. The number of aliphatic imine (C=N–C) groups is 1. The highest BCUT2D eigenvalue weighted by Gasteiger charge is 2.19. The normalized spacial score (nSPS) is 19.9. The van der Waals surface area contributed by atoms with Gasteiger partial charge in [-0.15, -0.1) is 0 Å². The molecule has 0 saturated carbocycles. The Labute approximate surface area is 169 Å². The van der Waals surface area contributed by atoms with Gasteiger partial charge in [0.25, 0.3) is 0 Å². The monoisotopic (exact) mass is 388 g/mol. The summed E-state index contributed by atoms with van der Waals surface area (Å²) in [6.07, 6.45) is 11.2. The van der Waals surface area contributed by atoms with E-state index in [4.69, 9.17) is 9.73 Å². The van der Waals surface area contributed by atoms with Crippen LogP contribution in [0.2, 0.25) is 0 Å². The summed E-state index contributed by atoms with van der Waals surface area (Å²) in [5.74, 6) is 1.27. The van der Waals surface area contributed by atoms with E-state index in [1.54, 1.807) is 0 Å². The number of benzene rings is 1. The summed E-state index contributed by atoms with van der Waals surface area (Å²) in [5, 5.41) is 15.9. The Kier molecular flexibility index (Phi) is 4.73. The minimum absolute atomic E-state index is 0.281. The van der Waals surface area contributed by atoms with Crippen molar-refractivity contribution in [2.45, 2.75) is 13.3 Å². The van der Waals surface area contributed by atoms with Crippen LogP contribution >= 0.6 is 0 Å². The fourth-order valence-corrected chi connectivity index (χ4v) is 3.83. The average molecular weight is 388 g/mol. The predicted molar refractivity (Wildman–Crippen MR) is 114 cm³/mol. The van der Waals surface area contributed by atoms with E-state index in [1.165, 1.54) is 0 Å². The lowest BCUT2D eigenvalue weighted by molar-refractivity contribution is 0.0532. The summed E-state index contributed by atoms with van der Waals surface area (Å²) in [5.41, 5.74) is 5.26. The molecule has 2 aromatic heterocycles. The van der Waals surface area contributed by atoms with Gasteiger partial charge in [-0.05, 0) is 30.2 Å². The number of nitrogens with zero attached hydrogens (tertiary/aromatic N) is 4. The molecular formula is C22H24N6O. The van der Waals surface area contributed by atoms with Crippen LogP contribution in [0.25, 0.3) is 27.6 Å². The number of allylic oxidation sites excluding steroid dienone is 3. The first kappa shape index (κ1) is 17.9. The Balaban J connectivity index is 1.59. The van der Waals surface area contributed by atoms with Crippen molar-refractivity contribution in [2.75, 3.05) is 26.3 Å². The first-order valence-corrected chi connectivity index (χ1v) is 10.1. The van der Waals surface area contributed by atoms with Crippen LogP contribution in [0.3, 0.4) is 0 Å². The van der Waals surface area contributed by atoms with Crippen molar-refractivity contribution in [3.8, 4) is 11.1 Å². The molecule has 0 amide bonds. The van der Waals surface area contributed by atoms with E-state index in [9.17, 15) is 0 Å². The second-order valence-corrected chi connectivity index (χ2v) is 7.39. The van der Waals surface area contributed by atoms with Crippen LogP contribution in [-0.2, 0) is 4.74 Å². The number of aromatic amines is 2. The number of fused-ring (bicyclic) bond motifs is 1. The molecule has 4 heterocycles. The molecule has 0 bridgehead atoms. The standard InChI is InChI=1S/C22H24N6O/c1-2-15-9-17(11-21(23-12-15)28-5-7-29-8-6-28)22-19-10-16(18-13-24-25-14-18)3-4-20(19)26-27-22/h3-4,9-15H,2,5-8H2,1H3,(H,24,25)(H,26,27). The SMILES string of the molecule is CCC1C=NC(N2CCOCC2)=CC(c2n[nH]c3ccc(-c4cn[nH]c4)cc23)=C1. The van der Waals surface area contributed by atoms with Crippen LogP contribution in [0, 0.1) is 5.92 Å². The van der Waals surface area contributed by atoms with Gasteiger partial charge in [-0.1, -0.05) is 19.1 Å². The quantitative estimate of drug-likeness (QED) is 0.715. The lowest BCUT2D eigenvalue weighted by Crippen LogP contribution is -2.35. The molecule has 1 fully saturated rings. The first-order valence-electron chi connectivity index (χ1n) is 10.1. The number of ether oxygens (including phenoxy) is 1. The maximum atomic E-state index is 5.51. The number of rotatable bonds is 4. The topological polar surface area (TPSA) is 82.2 Å². The van der Waals surface area contributed by atoms with Crippen molar-refractivity contribution in [3.05, 3.63) is 54.3 Å². The van der Waals surface area contributed by atoms with E-state index in [-0.39, 0.29) is 5.92 Å². The highest BCUT2D eigenvalue weighted by atomic mass is 16.5. The zero-order chi connectivity index (χ0) is 19.6. The van der Waals surface area contributed by atoms with Crippen LogP contribution in [0.1, 0.15) is 19.0 Å². The Hall–Kier alpha value is -3.19. The van der Waals surface area contributed by atoms with E-state index >= 15 is 0 Å². The lowest BCUT2D eigenvalue weighted by Gasteiger charge is -2.28. The van der Waals surface area contributed by atoms with Gasteiger partial charge in [0.2, 0.25) is 0 Å². The molecule has 7 heteroatoms. The Bertz CT molecular complexity index is 1090. The summed E-state index contributed by atoms with van der Waals surface area (Å²) >= 11 is 0. The third kappa shape index (κ3) is 3.49. The van der Waals surface area contributed by atoms with Crippen molar-refractivity contribution in [1.29, 1.82) is 0 Å². The van der Waals surface area contributed by atoms with E-state index in [0.29, 0.717) is 0 Å². The molecule has 0 spiro atoms. The molecule has 2 aliphatic heterocycles. The molecule has 29 heavy (non-hydrogen) atoms. The van der Waals surface area contributed by atoms with Crippen LogP contribution in [0.15, 0.2) is 53.6 Å². The lowest BCUT2D eigenvalue weighted by atomic mass is 9.99. The largest absolute Gasteiger partial charge is 0.378 e. The van der Waals surface area contributed by atoms with E-state index in [2.05, 4.69) is 68.8 Å². The van der Waals surface area contributed by atoms with Gasteiger partial charge < -0.3 is 9.64 Å². The minimum Gasteiger partial charge on any atom is -0.378 e. The summed E-state index contributed by atoms with van der Waals surface area (Å²) in [7, 11) is 0. The summed E-state index contributed by atoms with van der Waals surface area (Å²) in [6, 6.07) is 6.34. The molecule has 0 aliphatic carbocycles. The van der Waals surface area contributed by atoms with Crippen LogP contribution in [0.4, 0.5) is 0 Å². The number of H-pyrrole nitrogens is 2. The zero-order valence-electron chi connectivity index (χ0n) is 16.4. The molecule has 3 aromatic rings. The van der Waals surface area contributed by atoms with Gasteiger partial charge in [-0.25, -0.2) is 4.99 Å². The maximum Gasteiger partial charge on any atom is 0.128 e. The fraction of sp³-hybridized carbons (Fsp3) is 0.318. The van der Waals surface area contributed by atoms with Gasteiger partial charge in [0.1, 0.15) is 5.82 Å². The molecule has 0 radical (unpaired) electrons. The third-order valence-corrected chi connectivity index (χ3v) is 5.55. The van der Waals surface area contributed by atoms with Gasteiger partial charge >= 0.3 is 0 Å². The van der Waals surface area contributed by atoms with Crippen molar-refractivity contribution >= 4 is 22.7 Å². The maximum absolute atomic E-state index is 5.51. The van der Waals surface area contributed by atoms with Gasteiger partial charge in [0.05, 0.1) is 30.6 Å². The first-order chi connectivity index (χ1) is 14.3. The smallest absolute Gasteiger partial charge is 0.128 e. The molecule has 5 rings (SSSR count). The number of hydrogen-bond donors (Lipinski definition) is 2. The molecular weight excluding hydrogens is 364 g/mol. The Morgan fingerprint density at radius 3 is 2.90 bits per heavy atom. The van der Waals surface area contributed by atoms with Crippen LogP contribution < -0.4 is 0 Å². The predicted octanol–water partition coefficient (Wildman–Crippen LogP) is 3.62. The summed E-state index contributed by atoms with van der Waals surface area (Å²) < 4.78 is 5.51. The molecule has 1 aromatic carbocycles. The van der Waals surface area contributed by atoms with Gasteiger partial charge in [0, 0.05) is 47.9 Å². The van der Waals surface area contributed by atoms with Gasteiger partial charge in [-0.3, -0.25) is 10.2 Å². The van der Waals surface area contributed by atoms with Gasteiger partial charge in [-0.2, -0.15) is 10.2 Å².